The van der Waals surface area contributed by atoms with Crippen LogP contribution in [0.5, 0.6) is 0 Å². The van der Waals surface area contributed by atoms with E-state index in [-0.39, 0.29) is 11.9 Å². The van der Waals surface area contributed by atoms with Gasteiger partial charge in [-0.3, -0.25) is 9.69 Å². The van der Waals surface area contributed by atoms with E-state index < -0.39 is 0 Å². The average Bonchev–Trinajstić information content (AvgIpc) is 2.54. The molecule has 1 saturated heterocycles. The summed E-state index contributed by atoms with van der Waals surface area (Å²) in [4.78, 5) is 13.7. The molecule has 0 bridgehead atoms. The molecule has 3 N–H and O–H groups in total. The minimum Gasteiger partial charge on any atom is -0.359 e. The zero-order chi connectivity index (χ0) is 11.1. The molecule has 0 aromatic rings. The Labute approximate surface area is 96.0 Å². The van der Waals surface area contributed by atoms with Gasteiger partial charge in [0.15, 0.2) is 0 Å². The minimum atomic E-state index is 0.0855. The number of nitrogens with zero attached hydrogens (tertiary/aromatic N) is 1. The molecule has 0 radical (unpaired) electrons. The van der Waals surface area contributed by atoms with Crippen LogP contribution in [0, 0.1) is 0 Å². The summed E-state index contributed by atoms with van der Waals surface area (Å²) < 4.78 is 0. The molecule has 1 rings (SSSR count). The number of thioether (sulfide) groups is 1. The summed E-state index contributed by atoms with van der Waals surface area (Å²) in [7, 11) is 1.67. The fourth-order valence-corrected chi connectivity index (χ4v) is 2.71. The highest BCUT2D eigenvalue weighted by molar-refractivity contribution is 7.99. The quantitative estimate of drug-likeness (QED) is 0.709. The molecule has 4 nitrogen and oxygen atoms in total. The monoisotopic (exact) mass is 231 g/mol. The third-order valence-corrected chi connectivity index (χ3v) is 3.79. The summed E-state index contributed by atoms with van der Waals surface area (Å²) in [6, 6.07) is 0.212. The number of nitrogens with one attached hydrogen (secondary N) is 1. The third-order valence-electron chi connectivity index (χ3n) is 2.75. The topological polar surface area (TPSA) is 58.4 Å². The molecule has 1 aliphatic heterocycles. The highest BCUT2D eigenvalue weighted by Gasteiger charge is 2.20. The van der Waals surface area contributed by atoms with Crippen LogP contribution in [0.25, 0.3) is 0 Å². The van der Waals surface area contributed by atoms with E-state index in [1.807, 2.05) is 11.8 Å². The summed E-state index contributed by atoms with van der Waals surface area (Å²) >= 11 is 1.99. The van der Waals surface area contributed by atoms with E-state index in [0.717, 1.165) is 18.8 Å². The van der Waals surface area contributed by atoms with Gasteiger partial charge >= 0.3 is 0 Å². The largest absolute Gasteiger partial charge is 0.359 e. The molecule has 15 heavy (non-hydrogen) atoms. The Hall–Kier alpha value is -0.260. The molecule has 1 unspecified atom stereocenters. The standard InChI is InChI=1S/C10H21N3OS/c1-12-10(14)7-9(8-11)13-3-2-5-15-6-4-13/h9H,2-8,11H2,1H3,(H,12,14). The van der Waals surface area contributed by atoms with Crippen molar-refractivity contribution in [3.05, 3.63) is 0 Å². The zero-order valence-electron chi connectivity index (χ0n) is 9.37. The minimum absolute atomic E-state index is 0.0855. The molecule has 88 valence electrons. The Kier molecular flexibility index (Phi) is 6.05. The van der Waals surface area contributed by atoms with Gasteiger partial charge in [-0.05, 0) is 18.7 Å². The van der Waals surface area contributed by atoms with E-state index in [1.165, 1.54) is 12.2 Å². The van der Waals surface area contributed by atoms with Crippen LogP contribution in [0.4, 0.5) is 0 Å². The first-order valence-electron chi connectivity index (χ1n) is 5.50. The van der Waals surface area contributed by atoms with Crippen molar-refractivity contribution in [1.29, 1.82) is 0 Å². The van der Waals surface area contributed by atoms with E-state index in [1.54, 1.807) is 7.05 Å². The lowest BCUT2D eigenvalue weighted by atomic mass is 10.1. The fourth-order valence-electron chi connectivity index (χ4n) is 1.81. The molecule has 0 spiro atoms. The number of amides is 1. The maximum atomic E-state index is 11.3. The molecule has 0 aromatic carbocycles. The maximum absolute atomic E-state index is 11.3. The maximum Gasteiger partial charge on any atom is 0.221 e. The number of carbonyl (C=O) groups excluding carboxylic acids is 1. The Balaban J connectivity index is 2.44. The van der Waals surface area contributed by atoms with Crippen LogP contribution in [-0.2, 0) is 4.79 Å². The number of nitrogens with two attached hydrogens (primary N) is 1. The summed E-state index contributed by atoms with van der Waals surface area (Å²) in [5.74, 6) is 2.47. The smallest absolute Gasteiger partial charge is 0.221 e. The summed E-state index contributed by atoms with van der Waals surface area (Å²) in [5.41, 5.74) is 5.73. The van der Waals surface area contributed by atoms with Crippen molar-refractivity contribution < 1.29 is 4.79 Å². The number of carbonyl (C=O) groups is 1. The van der Waals surface area contributed by atoms with Crippen molar-refractivity contribution in [2.45, 2.75) is 18.9 Å². The SMILES string of the molecule is CNC(=O)CC(CN)N1CCCSCC1. The van der Waals surface area contributed by atoms with Crippen LogP contribution in [0.15, 0.2) is 0 Å². The molecule has 1 amide bonds. The lowest BCUT2D eigenvalue weighted by molar-refractivity contribution is -0.121. The van der Waals surface area contributed by atoms with Crippen LogP contribution in [-0.4, -0.2) is 55.0 Å². The number of hydrogen-bond donors (Lipinski definition) is 2. The third kappa shape index (κ3) is 4.40. The van der Waals surface area contributed by atoms with Crippen LogP contribution in [0.3, 0.4) is 0 Å². The second kappa shape index (κ2) is 7.09. The van der Waals surface area contributed by atoms with Crippen molar-refractivity contribution in [2.75, 3.05) is 38.2 Å². The van der Waals surface area contributed by atoms with E-state index in [2.05, 4.69) is 10.2 Å². The van der Waals surface area contributed by atoms with Gasteiger partial charge in [-0.15, -0.1) is 0 Å². The first-order valence-corrected chi connectivity index (χ1v) is 6.66. The molecule has 1 heterocycles. The normalized spacial score (nSPS) is 20.7. The number of hydrogen-bond acceptors (Lipinski definition) is 4. The van der Waals surface area contributed by atoms with Gasteiger partial charge < -0.3 is 11.1 Å². The summed E-state index contributed by atoms with van der Waals surface area (Å²) in [6.45, 7) is 2.70. The lowest BCUT2D eigenvalue weighted by Gasteiger charge is -2.28. The van der Waals surface area contributed by atoms with Gasteiger partial charge in [-0.2, -0.15) is 11.8 Å². The molecule has 0 aliphatic carbocycles. The molecule has 1 aliphatic rings. The molecule has 1 atom stereocenters. The second-order valence-corrected chi connectivity index (χ2v) is 4.99. The van der Waals surface area contributed by atoms with Crippen LogP contribution in [0.1, 0.15) is 12.8 Å². The molecule has 1 fully saturated rings. The van der Waals surface area contributed by atoms with Crippen LogP contribution >= 0.6 is 11.8 Å². The lowest BCUT2D eigenvalue weighted by Crippen LogP contribution is -2.44. The fraction of sp³-hybridized carbons (Fsp3) is 0.900. The van der Waals surface area contributed by atoms with Gasteiger partial charge in [0.05, 0.1) is 0 Å². The predicted octanol–water partition coefficient (Wildman–Crippen LogP) is -0.111. The van der Waals surface area contributed by atoms with Gasteiger partial charge in [0.1, 0.15) is 0 Å². The summed E-state index contributed by atoms with van der Waals surface area (Å²) in [6.07, 6.45) is 1.73. The molecular weight excluding hydrogens is 210 g/mol. The Morgan fingerprint density at radius 3 is 3.00 bits per heavy atom. The van der Waals surface area contributed by atoms with Crippen molar-refractivity contribution in [1.82, 2.24) is 10.2 Å². The molecule has 0 saturated carbocycles. The van der Waals surface area contributed by atoms with Crippen LogP contribution in [0.2, 0.25) is 0 Å². The first kappa shape index (κ1) is 12.8. The van der Waals surface area contributed by atoms with Gasteiger partial charge in [-0.1, -0.05) is 0 Å². The van der Waals surface area contributed by atoms with Crippen molar-refractivity contribution in [3.63, 3.8) is 0 Å². The first-order chi connectivity index (χ1) is 7.27. The summed E-state index contributed by atoms with van der Waals surface area (Å²) in [5, 5.41) is 2.66. The molecular formula is C10H21N3OS. The van der Waals surface area contributed by atoms with E-state index in [4.69, 9.17) is 5.73 Å². The van der Waals surface area contributed by atoms with Gasteiger partial charge in [0.2, 0.25) is 5.91 Å². The van der Waals surface area contributed by atoms with E-state index in [0.29, 0.717) is 13.0 Å². The van der Waals surface area contributed by atoms with Crippen molar-refractivity contribution in [3.8, 4) is 0 Å². The van der Waals surface area contributed by atoms with E-state index in [9.17, 15) is 4.79 Å². The molecule has 0 aromatic heterocycles. The van der Waals surface area contributed by atoms with Gasteiger partial charge in [-0.25, -0.2) is 0 Å². The van der Waals surface area contributed by atoms with Gasteiger partial charge in [0.25, 0.3) is 0 Å². The molecule has 5 heteroatoms. The average molecular weight is 231 g/mol. The van der Waals surface area contributed by atoms with Crippen LogP contribution < -0.4 is 11.1 Å². The Bertz CT molecular complexity index is 193. The van der Waals surface area contributed by atoms with Crippen molar-refractivity contribution >= 4 is 17.7 Å². The highest BCUT2D eigenvalue weighted by atomic mass is 32.2. The zero-order valence-corrected chi connectivity index (χ0v) is 10.2. The second-order valence-electron chi connectivity index (χ2n) is 3.77. The highest BCUT2D eigenvalue weighted by Crippen LogP contribution is 2.13. The Morgan fingerprint density at radius 2 is 2.33 bits per heavy atom. The van der Waals surface area contributed by atoms with Crippen molar-refractivity contribution in [2.24, 2.45) is 5.73 Å². The number of rotatable bonds is 4. The van der Waals surface area contributed by atoms with Gasteiger partial charge in [0, 0.05) is 38.4 Å². The van der Waals surface area contributed by atoms with E-state index >= 15 is 0 Å². The predicted molar refractivity (Wildman–Crippen MR) is 65.0 cm³/mol. The Morgan fingerprint density at radius 1 is 1.53 bits per heavy atom.